The zero-order chi connectivity index (χ0) is 17.9. The molecule has 1 saturated heterocycles. The number of benzene rings is 1. The van der Waals surface area contributed by atoms with Crippen LogP contribution in [0.4, 0.5) is 4.39 Å². The Morgan fingerprint density at radius 1 is 1.21 bits per heavy atom. The van der Waals surface area contributed by atoms with Gasteiger partial charge in [-0.3, -0.25) is 9.59 Å². The van der Waals surface area contributed by atoms with Crippen molar-refractivity contribution in [3.63, 3.8) is 0 Å². The SMILES string of the molecule is CC(=O)NC(C)C(=O)N1CCN(S(=O)(=O)c2cccc(F)c2)CC1. The van der Waals surface area contributed by atoms with Crippen molar-refractivity contribution in [1.29, 1.82) is 0 Å². The van der Waals surface area contributed by atoms with Crippen LogP contribution in [0.1, 0.15) is 13.8 Å². The molecule has 1 aromatic rings. The first-order valence-corrected chi connectivity index (χ1v) is 8.97. The second-order valence-corrected chi connectivity index (χ2v) is 7.55. The third-order valence-corrected chi connectivity index (χ3v) is 5.67. The number of rotatable bonds is 4. The molecule has 1 heterocycles. The van der Waals surface area contributed by atoms with Crippen molar-refractivity contribution < 1.29 is 22.4 Å². The predicted molar refractivity (Wildman–Crippen MR) is 85.0 cm³/mol. The standard InChI is InChI=1S/C15H20FN3O4S/c1-11(17-12(2)20)15(21)18-6-8-19(9-7-18)24(22,23)14-5-3-4-13(16)10-14/h3-5,10-11H,6-9H2,1-2H3,(H,17,20). The summed E-state index contributed by atoms with van der Waals surface area (Å²) in [5.74, 6) is -1.18. The number of sulfonamides is 1. The maximum absolute atomic E-state index is 13.3. The van der Waals surface area contributed by atoms with Gasteiger partial charge in [0, 0.05) is 33.1 Å². The number of carbonyl (C=O) groups is 2. The molecular weight excluding hydrogens is 337 g/mol. The van der Waals surface area contributed by atoms with E-state index in [0.717, 1.165) is 6.07 Å². The first-order valence-electron chi connectivity index (χ1n) is 7.53. The number of amides is 2. The number of piperazine rings is 1. The highest BCUT2D eigenvalue weighted by Crippen LogP contribution is 2.18. The van der Waals surface area contributed by atoms with Crippen molar-refractivity contribution in [1.82, 2.24) is 14.5 Å². The normalized spacial score (nSPS) is 17.4. The van der Waals surface area contributed by atoms with E-state index in [2.05, 4.69) is 5.32 Å². The van der Waals surface area contributed by atoms with Gasteiger partial charge in [-0.1, -0.05) is 6.07 Å². The Bertz CT molecular complexity index is 730. The first-order chi connectivity index (χ1) is 11.2. The molecule has 9 heteroatoms. The number of halogens is 1. The van der Waals surface area contributed by atoms with Crippen LogP contribution >= 0.6 is 0 Å². The molecule has 0 aromatic heterocycles. The minimum Gasteiger partial charge on any atom is -0.345 e. The summed E-state index contributed by atoms with van der Waals surface area (Å²) in [5.41, 5.74) is 0. The van der Waals surface area contributed by atoms with E-state index in [1.165, 1.54) is 34.3 Å². The van der Waals surface area contributed by atoms with Gasteiger partial charge >= 0.3 is 0 Å². The van der Waals surface area contributed by atoms with Crippen LogP contribution in [0.15, 0.2) is 29.2 Å². The topological polar surface area (TPSA) is 86.8 Å². The number of nitrogens with one attached hydrogen (secondary N) is 1. The summed E-state index contributed by atoms with van der Waals surface area (Å²) >= 11 is 0. The van der Waals surface area contributed by atoms with Crippen molar-refractivity contribution in [2.75, 3.05) is 26.2 Å². The van der Waals surface area contributed by atoms with Crippen molar-refractivity contribution >= 4 is 21.8 Å². The van der Waals surface area contributed by atoms with Gasteiger partial charge in [0.2, 0.25) is 21.8 Å². The zero-order valence-corrected chi connectivity index (χ0v) is 14.3. The second-order valence-electron chi connectivity index (χ2n) is 5.61. The molecule has 2 amide bonds. The van der Waals surface area contributed by atoms with Gasteiger partial charge in [-0.25, -0.2) is 12.8 Å². The van der Waals surface area contributed by atoms with E-state index in [-0.39, 0.29) is 42.9 Å². The maximum atomic E-state index is 13.3. The molecule has 1 fully saturated rings. The zero-order valence-electron chi connectivity index (χ0n) is 13.5. The van der Waals surface area contributed by atoms with Crippen LogP contribution < -0.4 is 5.32 Å². The van der Waals surface area contributed by atoms with Crippen molar-refractivity contribution in [2.24, 2.45) is 0 Å². The Kier molecular flexibility index (Phi) is 5.55. The van der Waals surface area contributed by atoms with Crippen LogP contribution in [-0.2, 0) is 19.6 Å². The van der Waals surface area contributed by atoms with E-state index >= 15 is 0 Å². The van der Waals surface area contributed by atoms with E-state index in [0.29, 0.717) is 0 Å². The molecule has 24 heavy (non-hydrogen) atoms. The van der Waals surface area contributed by atoms with Gasteiger partial charge in [0.25, 0.3) is 0 Å². The largest absolute Gasteiger partial charge is 0.345 e. The summed E-state index contributed by atoms with van der Waals surface area (Å²) < 4.78 is 39.5. The van der Waals surface area contributed by atoms with Crippen LogP contribution in [0.25, 0.3) is 0 Å². The Morgan fingerprint density at radius 2 is 1.83 bits per heavy atom. The molecule has 2 rings (SSSR count). The fourth-order valence-corrected chi connectivity index (χ4v) is 4.02. The highest BCUT2D eigenvalue weighted by molar-refractivity contribution is 7.89. The Morgan fingerprint density at radius 3 is 2.38 bits per heavy atom. The van der Waals surface area contributed by atoms with Crippen LogP contribution in [-0.4, -0.2) is 61.7 Å². The fourth-order valence-electron chi connectivity index (χ4n) is 2.57. The fraction of sp³-hybridized carbons (Fsp3) is 0.467. The highest BCUT2D eigenvalue weighted by Gasteiger charge is 2.31. The van der Waals surface area contributed by atoms with Gasteiger partial charge in [-0.2, -0.15) is 4.31 Å². The van der Waals surface area contributed by atoms with Gasteiger partial charge < -0.3 is 10.2 Å². The molecule has 0 saturated carbocycles. The van der Waals surface area contributed by atoms with E-state index < -0.39 is 21.9 Å². The average Bonchev–Trinajstić information content (AvgIpc) is 2.53. The summed E-state index contributed by atoms with van der Waals surface area (Å²) in [6.07, 6.45) is 0. The van der Waals surface area contributed by atoms with Crippen molar-refractivity contribution in [3.05, 3.63) is 30.1 Å². The first kappa shape index (κ1) is 18.3. The minimum absolute atomic E-state index is 0.103. The third-order valence-electron chi connectivity index (χ3n) is 3.77. The highest BCUT2D eigenvalue weighted by atomic mass is 32.2. The summed E-state index contributed by atoms with van der Waals surface area (Å²) in [6.45, 7) is 3.59. The number of hydrogen-bond acceptors (Lipinski definition) is 4. The lowest BCUT2D eigenvalue weighted by molar-refractivity contribution is -0.136. The number of carbonyl (C=O) groups excluding carboxylic acids is 2. The second kappa shape index (κ2) is 7.27. The lowest BCUT2D eigenvalue weighted by atomic mass is 10.2. The van der Waals surface area contributed by atoms with Crippen molar-refractivity contribution in [2.45, 2.75) is 24.8 Å². The van der Waals surface area contributed by atoms with Gasteiger partial charge in [-0.05, 0) is 25.1 Å². The minimum atomic E-state index is -3.79. The van der Waals surface area contributed by atoms with Gasteiger partial charge in [-0.15, -0.1) is 0 Å². The molecule has 1 N–H and O–H groups in total. The Labute approximate surface area is 140 Å². The lowest BCUT2D eigenvalue weighted by Crippen LogP contribution is -2.54. The maximum Gasteiger partial charge on any atom is 0.244 e. The van der Waals surface area contributed by atoms with E-state index in [4.69, 9.17) is 0 Å². The summed E-state index contributed by atoms with van der Waals surface area (Å²) in [5, 5.41) is 2.51. The molecule has 0 spiro atoms. The summed E-state index contributed by atoms with van der Waals surface area (Å²) in [7, 11) is -3.79. The molecule has 1 aliphatic heterocycles. The molecule has 1 unspecified atom stereocenters. The van der Waals surface area contributed by atoms with Crippen LogP contribution in [0.3, 0.4) is 0 Å². The molecule has 0 radical (unpaired) electrons. The summed E-state index contributed by atoms with van der Waals surface area (Å²) in [6, 6.07) is 4.19. The Hall–Kier alpha value is -2.00. The predicted octanol–water partition coefficient (Wildman–Crippen LogP) is 0.183. The number of nitrogens with zero attached hydrogens (tertiary/aromatic N) is 2. The lowest BCUT2D eigenvalue weighted by Gasteiger charge is -2.35. The van der Waals surface area contributed by atoms with E-state index in [9.17, 15) is 22.4 Å². The van der Waals surface area contributed by atoms with E-state index in [1.807, 2.05) is 0 Å². The van der Waals surface area contributed by atoms with Crippen LogP contribution in [0.2, 0.25) is 0 Å². The van der Waals surface area contributed by atoms with Crippen molar-refractivity contribution in [3.8, 4) is 0 Å². The average molecular weight is 357 g/mol. The van der Waals surface area contributed by atoms with E-state index in [1.54, 1.807) is 6.92 Å². The van der Waals surface area contributed by atoms with Gasteiger partial charge in [0.1, 0.15) is 11.9 Å². The molecule has 1 aromatic carbocycles. The quantitative estimate of drug-likeness (QED) is 0.833. The van der Waals surface area contributed by atoms with Gasteiger partial charge in [0.15, 0.2) is 0 Å². The molecule has 0 aliphatic carbocycles. The smallest absolute Gasteiger partial charge is 0.244 e. The third kappa shape index (κ3) is 4.09. The molecular formula is C15H20FN3O4S. The van der Waals surface area contributed by atoms with Gasteiger partial charge in [0.05, 0.1) is 4.90 Å². The molecule has 7 nitrogen and oxygen atoms in total. The Balaban J connectivity index is 2.02. The molecule has 1 atom stereocenters. The monoisotopic (exact) mass is 357 g/mol. The molecule has 0 bridgehead atoms. The van der Waals surface area contributed by atoms with Crippen LogP contribution in [0, 0.1) is 5.82 Å². The molecule has 132 valence electrons. The van der Waals surface area contributed by atoms with Crippen LogP contribution in [0.5, 0.6) is 0 Å². The summed E-state index contributed by atoms with van der Waals surface area (Å²) in [4.78, 5) is 24.6. The molecule has 1 aliphatic rings. The number of hydrogen-bond donors (Lipinski definition) is 1.